The first-order valence-corrected chi connectivity index (χ1v) is 9.54. The minimum Gasteiger partial charge on any atom is -0.493 e. The summed E-state index contributed by atoms with van der Waals surface area (Å²) in [6.07, 6.45) is -1.88. The fraction of sp³-hybridized carbons (Fsp3) is 0.316. The molecule has 0 fully saturated rings. The van der Waals surface area contributed by atoms with Gasteiger partial charge >= 0.3 is 6.18 Å². The number of halogens is 4. The highest BCUT2D eigenvalue weighted by molar-refractivity contribution is 9.10. The Hall–Kier alpha value is -2.42. The standard InChI is InChI=1S/C19H16BrF3N4O/c1-10-12-4-2-5-14(19(21,22)23)16(12)28-7-3-6-15-26-17-13(18(25-10)27-15)8-11(20)9-24-17/h2,4-5,8-10H,3,6-7H2,1H3,(H,24,25,26,27)/t10-/m1/s1. The molecule has 0 radical (unpaired) electrons. The maximum atomic E-state index is 13.5. The maximum Gasteiger partial charge on any atom is 0.419 e. The number of benzene rings is 1. The van der Waals surface area contributed by atoms with Crippen LogP contribution in [0.15, 0.2) is 34.9 Å². The molecule has 1 atom stereocenters. The summed E-state index contributed by atoms with van der Waals surface area (Å²) in [6.45, 7) is 1.91. The molecule has 1 N–H and O–H groups in total. The van der Waals surface area contributed by atoms with Gasteiger partial charge in [-0.05, 0) is 41.4 Å². The molecular formula is C19H16BrF3N4O. The van der Waals surface area contributed by atoms with Crippen molar-refractivity contribution in [2.75, 3.05) is 11.9 Å². The van der Waals surface area contributed by atoms with E-state index in [-0.39, 0.29) is 12.4 Å². The molecule has 1 aliphatic rings. The predicted molar refractivity (Wildman–Crippen MR) is 102 cm³/mol. The quantitative estimate of drug-likeness (QED) is 0.501. The van der Waals surface area contributed by atoms with Crippen LogP contribution in [-0.2, 0) is 12.6 Å². The second kappa shape index (κ2) is 7.20. The number of rotatable bonds is 0. The lowest BCUT2D eigenvalue weighted by Gasteiger charge is -2.22. The largest absolute Gasteiger partial charge is 0.493 e. The Labute approximate surface area is 167 Å². The van der Waals surface area contributed by atoms with Gasteiger partial charge in [-0.25, -0.2) is 15.0 Å². The van der Waals surface area contributed by atoms with Crippen molar-refractivity contribution >= 4 is 32.8 Å². The Morgan fingerprint density at radius 1 is 1.25 bits per heavy atom. The van der Waals surface area contributed by atoms with Gasteiger partial charge in [-0.1, -0.05) is 12.1 Å². The minimum absolute atomic E-state index is 0.136. The van der Waals surface area contributed by atoms with Gasteiger partial charge in [0.2, 0.25) is 0 Å². The zero-order valence-corrected chi connectivity index (χ0v) is 16.4. The van der Waals surface area contributed by atoms with Crippen LogP contribution in [0.5, 0.6) is 5.75 Å². The third kappa shape index (κ3) is 3.63. The predicted octanol–water partition coefficient (Wildman–Crippen LogP) is 5.30. The molecule has 3 aromatic rings. The Balaban J connectivity index is 1.86. The van der Waals surface area contributed by atoms with E-state index in [0.717, 1.165) is 10.5 Å². The lowest BCUT2D eigenvalue weighted by Crippen LogP contribution is -2.15. The van der Waals surface area contributed by atoms with Crippen LogP contribution in [-0.4, -0.2) is 21.6 Å². The van der Waals surface area contributed by atoms with Gasteiger partial charge in [0.25, 0.3) is 0 Å². The summed E-state index contributed by atoms with van der Waals surface area (Å²) in [5.41, 5.74) is 0.185. The highest BCUT2D eigenvalue weighted by Gasteiger charge is 2.36. The van der Waals surface area contributed by atoms with E-state index < -0.39 is 17.8 Å². The average Bonchev–Trinajstić information content (AvgIpc) is 2.66. The molecule has 5 nitrogen and oxygen atoms in total. The third-order valence-electron chi connectivity index (χ3n) is 4.53. The number of fused-ring (bicyclic) bond motifs is 5. The van der Waals surface area contributed by atoms with Gasteiger partial charge in [0.1, 0.15) is 17.4 Å². The molecule has 0 saturated heterocycles. The molecule has 146 valence electrons. The Kier molecular flexibility index (Phi) is 4.86. The topological polar surface area (TPSA) is 59.9 Å². The summed E-state index contributed by atoms with van der Waals surface area (Å²) in [4.78, 5) is 13.4. The van der Waals surface area contributed by atoms with Crippen molar-refractivity contribution in [1.29, 1.82) is 0 Å². The first kappa shape index (κ1) is 18.9. The molecule has 0 amide bonds. The van der Waals surface area contributed by atoms with Crippen LogP contribution >= 0.6 is 15.9 Å². The van der Waals surface area contributed by atoms with E-state index in [0.29, 0.717) is 41.1 Å². The number of ether oxygens (including phenoxy) is 1. The van der Waals surface area contributed by atoms with Gasteiger partial charge in [0, 0.05) is 22.7 Å². The molecule has 1 aromatic carbocycles. The number of hydrogen-bond donors (Lipinski definition) is 1. The number of para-hydroxylation sites is 1. The molecular weight excluding hydrogens is 437 g/mol. The Bertz CT molecular complexity index is 1040. The lowest BCUT2D eigenvalue weighted by molar-refractivity contribution is -0.139. The minimum atomic E-state index is -4.50. The van der Waals surface area contributed by atoms with Crippen molar-refractivity contribution in [3.05, 3.63) is 51.9 Å². The molecule has 2 aromatic heterocycles. The van der Waals surface area contributed by atoms with Crippen molar-refractivity contribution in [3.8, 4) is 5.75 Å². The molecule has 0 saturated carbocycles. The molecule has 2 bridgehead atoms. The second-order valence-corrected chi connectivity index (χ2v) is 7.47. The summed E-state index contributed by atoms with van der Waals surface area (Å²) in [6, 6.07) is 5.44. The van der Waals surface area contributed by atoms with E-state index in [1.165, 1.54) is 6.07 Å². The number of nitrogens with zero attached hydrogens (tertiary/aromatic N) is 3. The number of pyridine rings is 1. The van der Waals surface area contributed by atoms with E-state index in [1.807, 2.05) is 6.07 Å². The number of aromatic nitrogens is 3. The molecule has 1 aliphatic heterocycles. The van der Waals surface area contributed by atoms with Crippen LogP contribution in [0.25, 0.3) is 11.0 Å². The summed E-state index contributed by atoms with van der Waals surface area (Å²) >= 11 is 3.39. The normalized spacial score (nSPS) is 17.2. The van der Waals surface area contributed by atoms with Gasteiger partial charge in [0.05, 0.1) is 23.6 Å². The van der Waals surface area contributed by atoms with Crippen molar-refractivity contribution in [2.45, 2.75) is 32.0 Å². The van der Waals surface area contributed by atoms with Crippen LogP contribution in [0.2, 0.25) is 0 Å². The van der Waals surface area contributed by atoms with Gasteiger partial charge in [-0.3, -0.25) is 0 Å². The van der Waals surface area contributed by atoms with Gasteiger partial charge in [-0.2, -0.15) is 13.2 Å². The fourth-order valence-corrected chi connectivity index (χ4v) is 3.55. The zero-order valence-electron chi connectivity index (χ0n) is 14.8. The van der Waals surface area contributed by atoms with Crippen molar-refractivity contribution < 1.29 is 17.9 Å². The Morgan fingerprint density at radius 2 is 2.07 bits per heavy atom. The number of alkyl halides is 3. The molecule has 9 heteroatoms. The molecule has 0 spiro atoms. The maximum absolute atomic E-state index is 13.5. The van der Waals surface area contributed by atoms with Crippen LogP contribution in [0, 0.1) is 0 Å². The fourth-order valence-electron chi connectivity index (χ4n) is 3.22. The third-order valence-corrected chi connectivity index (χ3v) is 4.96. The second-order valence-electron chi connectivity index (χ2n) is 6.55. The van der Waals surface area contributed by atoms with Crippen LogP contribution < -0.4 is 10.1 Å². The average molecular weight is 453 g/mol. The number of nitrogens with one attached hydrogen (secondary N) is 1. The molecule has 0 unspecified atom stereocenters. The Morgan fingerprint density at radius 3 is 2.86 bits per heavy atom. The first-order chi connectivity index (χ1) is 13.3. The summed E-state index contributed by atoms with van der Waals surface area (Å²) in [5.74, 6) is 0.968. The van der Waals surface area contributed by atoms with Crippen molar-refractivity contribution in [3.63, 3.8) is 0 Å². The van der Waals surface area contributed by atoms with E-state index in [9.17, 15) is 13.2 Å². The number of aryl methyl sites for hydroxylation is 1. The van der Waals surface area contributed by atoms with E-state index in [4.69, 9.17) is 4.74 Å². The van der Waals surface area contributed by atoms with E-state index >= 15 is 0 Å². The smallest absolute Gasteiger partial charge is 0.419 e. The molecule has 3 heterocycles. The van der Waals surface area contributed by atoms with Crippen LogP contribution in [0.1, 0.15) is 36.3 Å². The van der Waals surface area contributed by atoms with E-state index in [1.54, 1.807) is 19.2 Å². The van der Waals surface area contributed by atoms with Crippen molar-refractivity contribution in [1.82, 2.24) is 15.0 Å². The molecule has 4 rings (SSSR count). The molecule has 0 aliphatic carbocycles. The summed E-state index contributed by atoms with van der Waals surface area (Å²) in [7, 11) is 0. The van der Waals surface area contributed by atoms with Crippen molar-refractivity contribution in [2.24, 2.45) is 0 Å². The lowest BCUT2D eigenvalue weighted by atomic mass is 10.0. The molecule has 28 heavy (non-hydrogen) atoms. The highest BCUT2D eigenvalue weighted by atomic mass is 79.9. The van der Waals surface area contributed by atoms with Gasteiger partial charge < -0.3 is 10.1 Å². The van der Waals surface area contributed by atoms with E-state index in [2.05, 4.69) is 36.2 Å². The number of hydrogen-bond acceptors (Lipinski definition) is 5. The van der Waals surface area contributed by atoms with Gasteiger partial charge in [0.15, 0.2) is 5.65 Å². The summed E-state index contributed by atoms with van der Waals surface area (Å²) in [5, 5.41) is 3.92. The highest BCUT2D eigenvalue weighted by Crippen LogP contribution is 2.41. The monoisotopic (exact) mass is 452 g/mol. The zero-order chi connectivity index (χ0) is 19.9. The number of anilines is 1. The van der Waals surface area contributed by atoms with Crippen LogP contribution in [0.3, 0.4) is 0 Å². The van der Waals surface area contributed by atoms with Crippen LogP contribution in [0.4, 0.5) is 19.0 Å². The first-order valence-electron chi connectivity index (χ1n) is 8.74. The van der Waals surface area contributed by atoms with Gasteiger partial charge in [-0.15, -0.1) is 0 Å². The SMILES string of the molecule is C[C@H]1Nc2nc(nc3ncc(Br)cc23)CCCOc2c1cccc2C(F)(F)F. The summed E-state index contributed by atoms with van der Waals surface area (Å²) < 4.78 is 46.9.